The fourth-order valence-electron chi connectivity index (χ4n) is 2.79. The molecule has 0 N–H and O–H groups in total. The molecule has 2 aromatic rings. The Morgan fingerprint density at radius 1 is 1.31 bits per heavy atom. The number of nitrogens with zero attached hydrogens (tertiary/aromatic N) is 2. The second kappa shape index (κ2) is 8.19. The molecular weight excluding hydrogens is 348 g/mol. The zero-order valence-electron chi connectivity index (χ0n) is 14.6. The Morgan fingerprint density at radius 3 is 2.85 bits per heavy atom. The summed E-state index contributed by atoms with van der Waals surface area (Å²) in [6, 6.07) is 14.0. The molecule has 1 saturated heterocycles. The molecule has 0 radical (unpaired) electrons. The Labute approximate surface area is 156 Å². The number of amides is 1. The van der Waals surface area contributed by atoms with Crippen molar-refractivity contribution in [3.05, 3.63) is 55.1 Å². The summed E-state index contributed by atoms with van der Waals surface area (Å²) < 4.78 is 4.98. The summed E-state index contributed by atoms with van der Waals surface area (Å²) in [5, 5.41) is 2.49. The van der Waals surface area contributed by atoms with Crippen LogP contribution in [0.5, 0.6) is 0 Å². The number of esters is 1. The second-order valence-electron chi connectivity index (χ2n) is 5.87. The first-order chi connectivity index (χ1) is 12.6. The maximum atomic E-state index is 12.7. The van der Waals surface area contributed by atoms with Gasteiger partial charge in [0.2, 0.25) is 5.91 Å². The third kappa shape index (κ3) is 3.96. The fourth-order valence-corrected chi connectivity index (χ4v) is 3.93. The molecule has 26 heavy (non-hydrogen) atoms. The van der Waals surface area contributed by atoms with Crippen molar-refractivity contribution < 1.29 is 14.3 Å². The zero-order chi connectivity index (χ0) is 18.5. The van der Waals surface area contributed by atoms with Gasteiger partial charge in [-0.1, -0.05) is 54.2 Å². The minimum atomic E-state index is -0.340. The molecule has 1 fully saturated rings. The molecule has 1 unspecified atom stereocenters. The Hall–Kier alpha value is -2.60. The maximum Gasteiger partial charge on any atom is 0.302 e. The van der Waals surface area contributed by atoms with Gasteiger partial charge in [-0.05, 0) is 11.5 Å². The highest BCUT2D eigenvalue weighted by Crippen LogP contribution is 2.33. The van der Waals surface area contributed by atoms with Crippen LogP contribution in [0.3, 0.4) is 0 Å². The van der Waals surface area contributed by atoms with E-state index >= 15 is 0 Å². The van der Waals surface area contributed by atoms with Gasteiger partial charge in [0, 0.05) is 25.3 Å². The van der Waals surface area contributed by atoms with Crippen molar-refractivity contribution in [2.24, 2.45) is 4.99 Å². The Balaban J connectivity index is 1.88. The van der Waals surface area contributed by atoms with Gasteiger partial charge in [-0.25, -0.2) is 4.99 Å². The Bertz CT molecular complexity index is 873. The molecule has 3 rings (SSSR count). The van der Waals surface area contributed by atoms with Crippen LogP contribution >= 0.6 is 11.8 Å². The summed E-state index contributed by atoms with van der Waals surface area (Å²) in [7, 11) is 0. The molecule has 0 saturated carbocycles. The predicted molar refractivity (Wildman–Crippen MR) is 106 cm³/mol. The standard InChI is InChI=1S/C20H20N2O3S/c1-3-12-22-19(24)18(11-13-25-14(2)23)26-20(22)21-17-10-6-8-15-7-4-5-9-16(15)17/h3-10,18H,1,11-13H2,2H3. The molecule has 0 aliphatic carbocycles. The quantitative estimate of drug-likeness (QED) is 0.573. The van der Waals surface area contributed by atoms with Crippen LogP contribution in [0.2, 0.25) is 0 Å². The smallest absolute Gasteiger partial charge is 0.302 e. The van der Waals surface area contributed by atoms with Crippen LogP contribution in [-0.2, 0) is 14.3 Å². The molecule has 5 nitrogen and oxygen atoms in total. The number of thioether (sulfide) groups is 1. The molecule has 1 amide bonds. The number of fused-ring (bicyclic) bond motifs is 1. The number of benzene rings is 2. The van der Waals surface area contributed by atoms with Gasteiger partial charge in [0.15, 0.2) is 5.17 Å². The molecule has 0 bridgehead atoms. The van der Waals surface area contributed by atoms with Crippen LogP contribution in [0.25, 0.3) is 10.8 Å². The molecule has 134 valence electrons. The number of aliphatic imine (C=N–C) groups is 1. The first-order valence-corrected chi connectivity index (χ1v) is 9.27. The van der Waals surface area contributed by atoms with Crippen LogP contribution in [0.1, 0.15) is 13.3 Å². The fraction of sp³-hybridized carbons (Fsp3) is 0.250. The largest absolute Gasteiger partial charge is 0.466 e. The van der Waals surface area contributed by atoms with E-state index in [0.29, 0.717) is 18.1 Å². The van der Waals surface area contributed by atoms with Gasteiger partial charge < -0.3 is 4.74 Å². The molecule has 1 aliphatic heterocycles. The second-order valence-corrected chi connectivity index (χ2v) is 7.04. The van der Waals surface area contributed by atoms with Gasteiger partial charge in [-0.15, -0.1) is 6.58 Å². The lowest BCUT2D eigenvalue weighted by Crippen LogP contribution is -2.32. The van der Waals surface area contributed by atoms with E-state index in [-0.39, 0.29) is 23.7 Å². The number of ether oxygens (including phenoxy) is 1. The highest BCUT2D eigenvalue weighted by molar-refractivity contribution is 8.15. The lowest BCUT2D eigenvalue weighted by Gasteiger charge is -2.14. The molecule has 1 atom stereocenters. The summed E-state index contributed by atoms with van der Waals surface area (Å²) >= 11 is 1.41. The summed E-state index contributed by atoms with van der Waals surface area (Å²) in [6.45, 7) is 5.72. The van der Waals surface area contributed by atoms with Gasteiger partial charge in [0.25, 0.3) is 0 Å². The van der Waals surface area contributed by atoms with E-state index in [2.05, 4.69) is 6.58 Å². The van der Waals surface area contributed by atoms with Crippen LogP contribution in [0.15, 0.2) is 60.1 Å². The third-order valence-corrected chi connectivity index (χ3v) is 5.24. The van der Waals surface area contributed by atoms with Crippen molar-refractivity contribution in [3.63, 3.8) is 0 Å². The van der Waals surface area contributed by atoms with Gasteiger partial charge in [0.05, 0.1) is 17.5 Å². The van der Waals surface area contributed by atoms with Crippen LogP contribution in [-0.4, -0.2) is 40.3 Å². The molecule has 1 heterocycles. The van der Waals surface area contributed by atoms with Gasteiger partial charge in [0.1, 0.15) is 0 Å². The van der Waals surface area contributed by atoms with Gasteiger partial charge in [-0.2, -0.15) is 0 Å². The van der Waals surface area contributed by atoms with Gasteiger partial charge >= 0.3 is 5.97 Å². The van der Waals surface area contributed by atoms with Crippen molar-refractivity contribution >= 4 is 45.3 Å². The molecule has 0 spiro atoms. The first-order valence-electron chi connectivity index (χ1n) is 8.39. The summed E-state index contributed by atoms with van der Waals surface area (Å²) in [5.74, 6) is -0.367. The minimum absolute atomic E-state index is 0.0268. The lowest BCUT2D eigenvalue weighted by molar-refractivity contribution is -0.141. The number of rotatable bonds is 6. The van der Waals surface area contributed by atoms with E-state index in [4.69, 9.17) is 9.73 Å². The third-order valence-electron chi connectivity index (χ3n) is 4.00. The number of hydrogen-bond acceptors (Lipinski definition) is 5. The number of hydrogen-bond donors (Lipinski definition) is 0. The van der Waals surface area contributed by atoms with Crippen molar-refractivity contribution in [3.8, 4) is 0 Å². The van der Waals surface area contributed by atoms with Gasteiger partial charge in [-0.3, -0.25) is 14.5 Å². The van der Waals surface area contributed by atoms with E-state index < -0.39 is 0 Å². The number of amidine groups is 1. The predicted octanol–water partition coefficient (Wildman–Crippen LogP) is 3.91. The Morgan fingerprint density at radius 2 is 2.08 bits per heavy atom. The van der Waals surface area contributed by atoms with E-state index in [1.54, 1.807) is 11.0 Å². The molecular formula is C20H20N2O3S. The molecule has 2 aromatic carbocycles. The van der Waals surface area contributed by atoms with Crippen LogP contribution in [0, 0.1) is 0 Å². The molecule has 1 aliphatic rings. The van der Waals surface area contributed by atoms with Crippen molar-refractivity contribution in [2.45, 2.75) is 18.6 Å². The normalized spacial score (nSPS) is 18.5. The summed E-state index contributed by atoms with van der Waals surface area (Å²) in [5.41, 5.74) is 0.827. The first kappa shape index (κ1) is 18.2. The highest BCUT2D eigenvalue weighted by atomic mass is 32.2. The van der Waals surface area contributed by atoms with E-state index in [0.717, 1.165) is 16.5 Å². The van der Waals surface area contributed by atoms with Crippen LogP contribution < -0.4 is 0 Å². The monoisotopic (exact) mass is 368 g/mol. The zero-order valence-corrected chi connectivity index (χ0v) is 15.4. The summed E-state index contributed by atoms with van der Waals surface area (Å²) in [6.07, 6.45) is 2.15. The van der Waals surface area contributed by atoms with Crippen molar-refractivity contribution in [1.29, 1.82) is 0 Å². The lowest BCUT2D eigenvalue weighted by atomic mass is 10.1. The van der Waals surface area contributed by atoms with E-state index in [1.165, 1.54) is 18.7 Å². The Kier molecular flexibility index (Phi) is 5.73. The molecule has 6 heteroatoms. The SMILES string of the molecule is C=CCN1C(=O)C(CCOC(C)=O)SC1=Nc1cccc2ccccc12. The topological polar surface area (TPSA) is 59.0 Å². The molecule has 0 aromatic heterocycles. The van der Waals surface area contributed by atoms with E-state index in [9.17, 15) is 9.59 Å². The average molecular weight is 368 g/mol. The minimum Gasteiger partial charge on any atom is -0.466 e. The van der Waals surface area contributed by atoms with Crippen molar-refractivity contribution in [2.75, 3.05) is 13.2 Å². The van der Waals surface area contributed by atoms with Crippen molar-refractivity contribution in [1.82, 2.24) is 4.90 Å². The average Bonchev–Trinajstić information content (AvgIpc) is 2.91. The van der Waals surface area contributed by atoms with E-state index in [1.807, 2.05) is 42.5 Å². The number of carbonyl (C=O) groups is 2. The van der Waals surface area contributed by atoms with Crippen LogP contribution in [0.4, 0.5) is 5.69 Å². The maximum absolute atomic E-state index is 12.7. The number of carbonyl (C=O) groups excluding carboxylic acids is 2. The summed E-state index contributed by atoms with van der Waals surface area (Å²) in [4.78, 5) is 30.0. The highest BCUT2D eigenvalue weighted by Gasteiger charge is 2.37.